The highest BCUT2D eigenvalue weighted by Crippen LogP contribution is 2.62. The Morgan fingerprint density at radius 3 is 2.52 bits per heavy atom. The molecule has 56 heavy (non-hydrogen) atoms. The second kappa shape index (κ2) is 15.3. The van der Waals surface area contributed by atoms with Crippen LogP contribution < -0.4 is 20.1 Å². The highest BCUT2D eigenvalue weighted by atomic mass is 35.5. The number of aliphatic carboxylic acids is 1. The number of nitrogens with zero attached hydrogens (tertiary/aromatic N) is 3. The van der Waals surface area contributed by atoms with E-state index in [0.29, 0.717) is 70.7 Å². The molecule has 0 spiro atoms. The molecule has 1 aliphatic heterocycles. The van der Waals surface area contributed by atoms with E-state index in [0.717, 1.165) is 52.4 Å². The van der Waals surface area contributed by atoms with Gasteiger partial charge in [0.15, 0.2) is 0 Å². The first-order chi connectivity index (χ1) is 27.0. The molecule has 8 rings (SSSR count). The molecular formula is C43H44Cl2FN5O5. The van der Waals surface area contributed by atoms with Crippen LogP contribution in [-0.2, 0) is 29.2 Å². The molecule has 292 valence electrons. The van der Waals surface area contributed by atoms with Crippen molar-refractivity contribution in [2.45, 2.75) is 63.8 Å². The largest absolute Gasteiger partial charge is 0.496 e. The molecule has 3 N–H and O–H groups in total. The zero-order valence-corrected chi connectivity index (χ0v) is 33.0. The number of ether oxygens (including phenoxy) is 2. The number of carbonyl (C=O) groups is 2. The first kappa shape index (κ1) is 38.2. The van der Waals surface area contributed by atoms with Gasteiger partial charge in [0.05, 0.1) is 42.9 Å². The molecule has 3 fully saturated rings. The van der Waals surface area contributed by atoms with E-state index in [1.807, 2.05) is 66.5 Å². The Kier molecular flexibility index (Phi) is 10.5. The average molecular weight is 801 g/mol. The topological polar surface area (TPSA) is 118 Å². The number of fused-ring (bicyclic) bond motifs is 2. The van der Waals surface area contributed by atoms with Crippen molar-refractivity contribution in [2.75, 3.05) is 27.8 Å². The van der Waals surface area contributed by atoms with E-state index in [-0.39, 0.29) is 30.5 Å². The first-order valence-electron chi connectivity index (χ1n) is 18.9. The lowest BCUT2D eigenvalue weighted by atomic mass is 9.45. The predicted octanol–water partition coefficient (Wildman–Crippen LogP) is 7.94. The van der Waals surface area contributed by atoms with Crippen molar-refractivity contribution >= 4 is 46.0 Å². The van der Waals surface area contributed by atoms with Gasteiger partial charge in [-0.2, -0.15) is 5.10 Å². The lowest BCUT2D eigenvalue weighted by molar-refractivity contribution is -0.194. The van der Waals surface area contributed by atoms with Crippen molar-refractivity contribution in [3.8, 4) is 33.8 Å². The predicted molar refractivity (Wildman–Crippen MR) is 215 cm³/mol. The molecule has 1 amide bonds. The van der Waals surface area contributed by atoms with Crippen molar-refractivity contribution < 1.29 is 28.6 Å². The molecule has 10 nitrogen and oxygen atoms in total. The first-order valence-corrected chi connectivity index (χ1v) is 19.7. The van der Waals surface area contributed by atoms with E-state index in [1.54, 1.807) is 13.2 Å². The highest BCUT2D eigenvalue weighted by molar-refractivity contribution is 6.36. The van der Waals surface area contributed by atoms with Gasteiger partial charge in [0.1, 0.15) is 17.3 Å². The summed E-state index contributed by atoms with van der Waals surface area (Å²) in [5, 5.41) is 22.6. The van der Waals surface area contributed by atoms with Crippen LogP contribution >= 0.6 is 23.2 Å². The van der Waals surface area contributed by atoms with Crippen molar-refractivity contribution in [3.05, 3.63) is 99.4 Å². The Hall–Kier alpha value is -4.68. The van der Waals surface area contributed by atoms with Gasteiger partial charge in [-0.05, 0) is 85.7 Å². The van der Waals surface area contributed by atoms with Crippen LogP contribution in [-0.4, -0.2) is 71.6 Å². The maximum Gasteiger partial charge on any atom is 0.310 e. The summed E-state index contributed by atoms with van der Waals surface area (Å²) in [6.07, 6.45) is 5.46. The number of hydrogen-bond acceptors (Lipinski definition) is 7. The Morgan fingerprint density at radius 1 is 1.05 bits per heavy atom. The number of aromatic nitrogens is 2. The normalized spacial score (nSPS) is 21.4. The van der Waals surface area contributed by atoms with Crippen LogP contribution in [0.5, 0.6) is 11.5 Å². The molecule has 1 saturated heterocycles. The summed E-state index contributed by atoms with van der Waals surface area (Å²) >= 11 is 14.1. The number of halogens is 3. The molecule has 4 atom stereocenters. The molecule has 3 aliphatic rings. The maximum atomic E-state index is 15.7. The highest BCUT2D eigenvalue weighted by Gasteiger charge is 2.65. The molecule has 3 unspecified atom stereocenters. The Balaban J connectivity index is 1.02. The average Bonchev–Trinajstić information content (AvgIpc) is 3.79. The van der Waals surface area contributed by atoms with Crippen LogP contribution in [0.15, 0.2) is 66.9 Å². The number of rotatable bonds is 14. The standard InChI is InChI=1S/C43H44Cl2FN5O5/c1-50(37-18-43(42(53)54)13-12-33(37)43)22-26-14-34(44)25(17-38(26)55-2)23-51-36-9-5-7-29(31(36)21-48-51)30-8-4-6-28(41(30)45)24-15-35(46)32(39(16-24)56-3)20-47-19-27-10-11-40(52)49-27/h4-9,14-17,21,27,33,37,47H,10-13,18-20,22-23H2,1-3H3,(H,49,52)(H,53,54)/t27-,33?,37?,43?/m0/s1. The fraction of sp³-hybridized carbons (Fsp3) is 0.372. The lowest BCUT2D eigenvalue weighted by Gasteiger charge is -2.62. The smallest absolute Gasteiger partial charge is 0.310 e. The van der Waals surface area contributed by atoms with Crippen molar-refractivity contribution in [3.63, 3.8) is 0 Å². The monoisotopic (exact) mass is 799 g/mol. The van der Waals surface area contributed by atoms with Crippen molar-refractivity contribution in [1.82, 2.24) is 25.3 Å². The third-order valence-electron chi connectivity index (χ3n) is 12.3. The number of nitrogens with one attached hydrogen (secondary N) is 2. The summed E-state index contributed by atoms with van der Waals surface area (Å²) in [5.41, 5.74) is 5.44. The SMILES string of the molecule is COc1cc(Cn2ncc3c(-c4cccc(-c5cc(F)c(CNC[C@@H]6CCC(=O)N6)c(OC)c5)c4Cl)cccc32)c(Cl)cc1CN(C)C1CC2(C(=O)O)CCC12. The Labute approximate surface area is 334 Å². The fourth-order valence-corrected chi connectivity index (χ4v) is 9.60. The molecule has 1 aromatic heterocycles. The summed E-state index contributed by atoms with van der Waals surface area (Å²) in [4.78, 5) is 25.6. The molecule has 4 aromatic carbocycles. The van der Waals surface area contributed by atoms with Crippen LogP contribution in [0, 0.1) is 17.2 Å². The van der Waals surface area contributed by atoms with E-state index in [4.69, 9.17) is 37.8 Å². The number of methoxy groups -OCH3 is 2. The Morgan fingerprint density at radius 2 is 1.82 bits per heavy atom. The fourth-order valence-electron chi connectivity index (χ4n) is 9.01. The van der Waals surface area contributed by atoms with Crippen LogP contribution in [0.4, 0.5) is 4.39 Å². The number of carboxylic acids is 1. The Bertz CT molecular complexity index is 2350. The summed E-state index contributed by atoms with van der Waals surface area (Å²) in [6.45, 7) is 1.78. The minimum Gasteiger partial charge on any atom is -0.496 e. The molecular weight excluding hydrogens is 756 g/mol. The quantitative estimate of drug-likeness (QED) is 0.104. The van der Waals surface area contributed by atoms with Gasteiger partial charge in [0.2, 0.25) is 5.91 Å². The second-order valence-corrected chi connectivity index (χ2v) is 16.1. The minimum atomic E-state index is -0.670. The number of amides is 1. The van der Waals surface area contributed by atoms with Crippen LogP contribution in [0.25, 0.3) is 33.2 Å². The zero-order valence-electron chi connectivity index (χ0n) is 31.5. The van der Waals surface area contributed by atoms with Gasteiger partial charge >= 0.3 is 5.97 Å². The van der Waals surface area contributed by atoms with Gasteiger partial charge in [0, 0.05) is 70.8 Å². The number of carbonyl (C=O) groups excluding carboxylic acids is 1. The van der Waals surface area contributed by atoms with Crippen LogP contribution in [0.3, 0.4) is 0 Å². The third-order valence-corrected chi connectivity index (χ3v) is 13.0. The number of hydrogen-bond donors (Lipinski definition) is 3. The molecule has 2 saturated carbocycles. The van der Waals surface area contributed by atoms with Crippen LogP contribution in [0.1, 0.15) is 48.8 Å². The third kappa shape index (κ3) is 6.78. The van der Waals surface area contributed by atoms with Gasteiger partial charge < -0.3 is 25.2 Å². The molecule has 13 heteroatoms. The molecule has 5 aromatic rings. The van der Waals surface area contributed by atoms with Crippen LogP contribution in [0.2, 0.25) is 10.0 Å². The van der Waals surface area contributed by atoms with E-state index >= 15 is 4.39 Å². The summed E-state index contributed by atoms with van der Waals surface area (Å²) in [5.74, 6) is 0.259. The van der Waals surface area contributed by atoms with Crippen molar-refractivity contribution in [1.29, 1.82) is 0 Å². The maximum absolute atomic E-state index is 15.7. The van der Waals surface area contributed by atoms with Gasteiger partial charge in [-0.1, -0.05) is 53.5 Å². The molecule has 2 heterocycles. The second-order valence-electron chi connectivity index (χ2n) is 15.3. The summed E-state index contributed by atoms with van der Waals surface area (Å²) in [6, 6.07) is 19.1. The number of benzene rings is 4. The van der Waals surface area contributed by atoms with Gasteiger partial charge in [-0.3, -0.25) is 19.2 Å². The minimum absolute atomic E-state index is 0.0321. The van der Waals surface area contributed by atoms with E-state index in [9.17, 15) is 14.7 Å². The van der Waals surface area contributed by atoms with Crippen molar-refractivity contribution in [2.24, 2.45) is 11.3 Å². The zero-order chi connectivity index (χ0) is 39.3. The summed E-state index contributed by atoms with van der Waals surface area (Å²) in [7, 11) is 5.20. The molecule has 2 aliphatic carbocycles. The number of carboxylic acid groups (broad SMARTS) is 1. The van der Waals surface area contributed by atoms with E-state index < -0.39 is 17.2 Å². The van der Waals surface area contributed by atoms with Gasteiger partial charge in [-0.15, -0.1) is 0 Å². The summed E-state index contributed by atoms with van der Waals surface area (Å²) < 4.78 is 29.0. The lowest BCUT2D eigenvalue weighted by Crippen LogP contribution is -2.66. The van der Waals surface area contributed by atoms with Gasteiger partial charge in [0.25, 0.3) is 0 Å². The molecule has 0 radical (unpaired) electrons. The van der Waals surface area contributed by atoms with E-state index in [2.05, 4.69) is 15.5 Å². The molecule has 0 bridgehead atoms. The van der Waals surface area contributed by atoms with Gasteiger partial charge in [-0.25, -0.2) is 4.39 Å². The van der Waals surface area contributed by atoms with E-state index in [1.165, 1.54) is 13.2 Å².